The number of carbonyl (C=O) groups is 1. The smallest absolute Gasteiger partial charge is 0.320 e. The van der Waals surface area contributed by atoms with E-state index >= 15 is 0 Å². The Labute approximate surface area is 99.4 Å². The SMILES string of the molecule is CCc1nn(C)c(CN[C@@H](C)C(=O)O)c1Cl. The van der Waals surface area contributed by atoms with Gasteiger partial charge in [-0.05, 0) is 13.3 Å². The van der Waals surface area contributed by atoms with E-state index in [-0.39, 0.29) is 0 Å². The summed E-state index contributed by atoms with van der Waals surface area (Å²) in [6.45, 7) is 3.97. The minimum Gasteiger partial charge on any atom is -0.480 e. The lowest BCUT2D eigenvalue weighted by atomic mass is 10.3. The zero-order valence-electron chi connectivity index (χ0n) is 9.62. The van der Waals surface area contributed by atoms with Crippen LogP contribution in [-0.2, 0) is 24.8 Å². The summed E-state index contributed by atoms with van der Waals surface area (Å²) in [5.74, 6) is -0.881. The fraction of sp³-hybridized carbons (Fsp3) is 0.600. The molecule has 0 amide bonds. The third kappa shape index (κ3) is 2.74. The van der Waals surface area contributed by atoms with Crippen LogP contribution in [0.1, 0.15) is 25.2 Å². The number of hydrogen-bond donors (Lipinski definition) is 2. The molecule has 0 saturated heterocycles. The zero-order valence-corrected chi connectivity index (χ0v) is 10.4. The van der Waals surface area contributed by atoms with Crippen molar-refractivity contribution >= 4 is 17.6 Å². The Kier molecular flexibility index (Phi) is 4.32. The van der Waals surface area contributed by atoms with Crippen LogP contribution in [0.5, 0.6) is 0 Å². The number of halogens is 1. The lowest BCUT2D eigenvalue weighted by Gasteiger charge is -2.09. The summed E-state index contributed by atoms with van der Waals surface area (Å²) in [7, 11) is 1.80. The maximum atomic E-state index is 10.6. The number of carboxylic acids is 1. The Morgan fingerprint density at radius 3 is 2.75 bits per heavy atom. The minimum absolute atomic E-state index is 0.399. The van der Waals surface area contributed by atoms with Crippen molar-refractivity contribution in [3.63, 3.8) is 0 Å². The van der Waals surface area contributed by atoms with E-state index in [1.54, 1.807) is 18.7 Å². The maximum Gasteiger partial charge on any atom is 0.320 e. The number of aryl methyl sites for hydroxylation is 2. The first-order valence-corrected chi connectivity index (χ1v) is 5.51. The van der Waals surface area contributed by atoms with Crippen LogP contribution in [0.25, 0.3) is 0 Å². The normalized spacial score (nSPS) is 12.8. The van der Waals surface area contributed by atoms with Gasteiger partial charge in [0.25, 0.3) is 0 Å². The lowest BCUT2D eigenvalue weighted by molar-refractivity contribution is -0.139. The lowest BCUT2D eigenvalue weighted by Crippen LogP contribution is -2.33. The van der Waals surface area contributed by atoms with Gasteiger partial charge < -0.3 is 5.11 Å². The van der Waals surface area contributed by atoms with Gasteiger partial charge >= 0.3 is 5.97 Å². The number of hydrogen-bond acceptors (Lipinski definition) is 3. The Balaban J connectivity index is 2.74. The molecule has 1 heterocycles. The topological polar surface area (TPSA) is 67.2 Å². The first-order chi connectivity index (χ1) is 7.47. The molecule has 6 heteroatoms. The monoisotopic (exact) mass is 245 g/mol. The van der Waals surface area contributed by atoms with Crippen molar-refractivity contribution in [3.05, 3.63) is 16.4 Å². The number of aromatic nitrogens is 2. The van der Waals surface area contributed by atoms with Gasteiger partial charge in [0.2, 0.25) is 0 Å². The third-order valence-electron chi connectivity index (χ3n) is 2.45. The highest BCUT2D eigenvalue weighted by atomic mass is 35.5. The minimum atomic E-state index is -0.881. The van der Waals surface area contributed by atoms with Crippen LogP contribution in [-0.4, -0.2) is 26.9 Å². The molecule has 0 spiro atoms. The molecule has 1 atom stereocenters. The van der Waals surface area contributed by atoms with Crippen LogP contribution in [0.2, 0.25) is 5.02 Å². The average Bonchev–Trinajstić information content (AvgIpc) is 2.51. The Bertz CT molecular complexity index is 390. The number of nitrogens with one attached hydrogen (secondary N) is 1. The van der Waals surface area contributed by atoms with E-state index in [2.05, 4.69) is 10.4 Å². The van der Waals surface area contributed by atoms with Crippen LogP contribution in [0, 0.1) is 0 Å². The van der Waals surface area contributed by atoms with Gasteiger partial charge in [-0.15, -0.1) is 0 Å². The highest BCUT2D eigenvalue weighted by Crippen LogP contribution is 2.20. The molecular weight excluding hydrogens is 230 g/mol. The molecule has 0 aliphatic rings. The van der Waals surface area contributed by atoms with Gasteiger partial charge in [0.15, 0.2) is 0 Å². The number of nitrogens with zero attached hydrogens (tertiary/aromatic N) is 2. The Hall–Kier alpha value is -1.07. The van der Waals surface area contributed by atoms with Crippen molar-refractivity contribution in [1.29, 1.82) is 0 Å². The summed E-state index contributed by atoms with van der Waals surface area (Å²) in [6, 6.07) is -0.601. The Morgan fingerprint density at radius 1 is 1.69 bits per heavy atom. The van der Waals surface area contributed by atoms with Gasteiger partial charge in [0.05, 0.1) is 16.4 Å². The van der Waals surface area contributed by atoms with E-state index < -0.39 is 12.0 Å². The summed E-state index contributed by atoms with van der Waals surface area (Å²) in [4.78, 5) is 10.6. The first kappa shape index (κ1) is 13.0. The van der Waals surface area contributed by atoms with Gasteiger partial charge in [-0.1, -0.05) is 18.5 Å². The van der Waals surface area contributed by atoms with Crippen LogP contribution >= 0.6 is 11.6 Å². The summed E-state index contributed by atoms with van der Waals surface area (Å²) in [5, 5.41) is 16.5. The van der Waals surface area contributed by atoms with E-state index in [4.69, 9.17) is 16.7 Å². The number of carboxylic acid groups (broad SMARTS) is 1. The molecule has 0 aromatic carbocycles. The molecule has 16 heavy (non-hydrogen) atoms. The largest absolute Gasteiger partial charge is 0.480 e. The van der Waals surface area contributed by atoms with Crippen LogP contribution in [0.4, 0.5) is 0 Å². The van der Waals surface area contributed by atoms with Crippen LogP contribution in [0.15, 0.2) is 0 Å². The molecular formula is C10H16ClN3O2. The standard InChI is InChI=1S/C10H16ClN3O2/c1-4-7-9(11)8(14(3)13-7)5-12-6(2)10(15)16/h6,12H,4-5H2,1-3H3,(H,15,16)/t6-/m0/s1. The second-order valence-corrected chi connectivity index (χ2v) is 4.00. The van der Waals surface area contributed by atoms with Gasteiger partial charge in [0, 0.05) is 13.6 Å². The van der Waals surface area contributed by atoms with Crippen molar-refractivity contribution in [2.24, 2.45) is 7.05 Å². The molecule has 5 nitrogen and oxygen atoms in total. The van der Waals surface area contributed by atoms with Gasteiger partial charge in [0.1, 0.15) is 6.04 Å². The van der Waals surface area contributed by atoms with Gasteiger partial charge in [-0.25, -0.2) is 0 Å². The summed E-state index contributed by atoms with van der Waals surface area (Å²) < 4.78 is 1.68. The molecule has 1 aromatic rings. The Morgan fingerprint density at radius 2 is 2.31 bits per heavy atom. The highest BCUT2D eigenvalue weighted by Gasteiger charge is 2.15. The van der Waals surface area contributed by atoms with Crippen LogP contribution < -0.4 is 5.32 Å². The van der Waals surface area contributed by atoms with Gasteiger partial charge in [-0.3, -0.25) is 14.8 Å². The second kappa shape index (κ2) is 5.32. The van der Waals surface area contributed by atoms with E-state index in [0.717, 1.165) is 17.8 Å². The van der Waals surface area contributed by atoms with Crippen molar-refractivity contribution in [1.82, 2.24) is 15.1 Å². The first-order valence-electron chi connectivity index (χ1n) is 5.13. The molecule has 0 aliphatic heterocycles. The molecule has 0 bridgehead atoms. The maximum absolute atomic E-state index is 10.6. The second-order valence-electron chi connectivity index (χ2n) is 3.63. The summed E-state index contributed by atoms with van der Waals surface area (Å²) in [6.07, 6.45) is 0.765. The van der Waals surface area contributed by atoms with Crippen molar-refractivity contribution in [2.45, 2.75) is 32.9 Å². The van der Waals surface area contributed by atoms with E-state index in [9.17, 15) is 4.79 Å². The zero-order chi connectivity index (χ0) is 12.3. The molecule has 1 rings (SSSR count). The quantitative estimate of drug-likeness (QED) is 0.818. The highest BCUT2D eigenvalue weighted by molar-refractivity contribution is 6.31. The van der Waals surface area contributed by atoms with Crippen molar-refractivity contribution in [2.75, 3.05) is 0 Å². The predicted molar refractivity (Wildman–Crippen MR) is 61.5 cm³/mol. The van der Waals surface area contributed by atoms with E-state index in [1.807, 2.05) is 6.92 Å². The predicted octanol–water partition coefficient (Wildman–Crippen LogP) is 1.20. The molecule has 2 N–H and O–H groups in total. The summed E-state index contributed by atoms with van der Waals surface area (Å²) >= 11 is 6.12. The number of rotatable bonds is 5. The van der Waals surface area contributed by atoms with Crippen LogP contribution in [0.3, 0.4) is 0 Å². The van der Waals surface area contributed by atoms with Crippen molar-refractivity contribution in [3.8, 4) is 0 Å². The van der Waals surface area contributed by atoms with E-state index in [0.29, 0.717) is 11.6 Å². The average molecular weight is 246 g/mol. The number of aliphatic carboxylic acids is 1. The van der Waals surface area contributed by atoms with Crippen molar-refractivity contribution < 1.29 is 9.90 Å². The van der Waals surface area contributed by atoms with Gasteiger partial charge in [-0.2, -0.15) is 5.10 Å². The fourth-order valence-corrected chi connectivity index (χ4v) is 1.71. The molecule has 0 radical (unpaired) electrons. The molecule has 0 aliphatic carbocycles. The fourth-order valence-electron chi connectivity index (χ4n) is 1.35. The van der Waals surface area contributed by atoms with E-state index in [1.165, 1.54) is 0 Å². The summed E-state index contributed by atoms with van der Waals surface area (Å²) in [5.41, 5.74) is 1.65. The molecule has 90 valence electrons. The molecule has 0 unspecified atom stereocenters. The molecule has 0 fully saturated rings. The third-order valence-corrected chi connectivity index (χ3v) is 2.89. The molecule has 0 saturated carbocycles. The molecule has 1 aromatic heterocycles.